The third-order valence-corrected chi connectivity index (χ3v) is 3.71. The molecule has 0 aliphatic heterocycles. The number of rotatable bonds is 5. The largest absolute Gasteiger partial charge is 0.469 e. The van der Waals surface area contributed by atoms with Crippen molar-refractivity contribution in [3.05, 3.63) is 48.4 Å². The van der Waals surface area contributed by atoms with E-state index in [9.17, 15) is 9.59 Å². The molecule has 0 radical (unpaired) electrons. The molecule has 2 amide bonds. The third kappa shape index (κ3) is 3.71. The van der Waals surface area contributed by atoms with Gasteiger partial charge >= 0.3 is 6.09 Å². The van der Waals surface area contributed by atoms with E-state index in [4.69, 9.17) is 9.15 Å². The fourth-order valence-electron chi connectivity index (χ4n) is 2.46. The van der Waals surface area contributed by atoms with Crippen LogP contribution in [-0.2, 0) is 9.53 Å². The molecule has 1 aromatic carbocycles. The number of hydrogen-bond donors (Lipinski definition) is 2. The van der Waals surface area contributed by atoms with Crippen molar-refractivity contribution in [1.82, 2.24) is 0 Å². The molecule has 120 valence electrons. The Morgan fingerprint density at radius 2 is 1.87 bits per heavy atom. The number of benzene rings is 1. The molecule has 0 spiro atoms. The number of nitrogens with one attached hydrogen (secondary N) is 2. The quantitative estimate of drug-likeness (QED) is 0.883. The maximum Gasteiger partial charge on any atom is 0.411 e. The average Bonchev–Trinajstić information content (AvgIpc) is 3.15. The topological polar surface area (TPSA) is 80.6 Å². The fraction of sp³-hybridized carbons (Fsp3) is 0.294. The molecule has 0 bridgehead atoms. The summed E-state index contributed by atoms with van der Waals surface area (Å²) in [5.41, 5.74) is 1.30. The zero-order valence-corrected chi connectivity index (χ0v) is 12.7. The van der Waals surface area contributed by atoms with Gasteiger partial charge in [-0.3, -0.25) is 10.1 Å². The van der Waals surface area contributed by atoms with Gasteiger partial charge in [0.15, 0.2) is 0 Å². The highest BCUT2D eigenvalue weighted by Crippen LogP contribution is 2.48. The standard InChI is InChI=1S/C17H18N2O4/c1-2-22-17(21)19-12-7-5-11(6-8-12)18-16(20)14-10-13(14)15-4-3-9-23-15/h3-9,13-14H,2,10H2,1H3,(H,18,20)(H,19,21). The molecule has 6 nitrogen and oxygen atoms in total. The van der Waals surface area contributed by atoms with Crippen LogP contribution in [0.15, 0.2) is 47.1 Å². The summed E-state index contributed by atoms with van der Waals surface area (Å²) in [6.45, 7) is 2.06. The lowest BCUT2D eigenvalue weighted by molar-refractivity contribution is -0.117. The lowest BCUT2D eigenvalue weighted by Crippen LogP contribution is -2.15. The van der Waals surface area contributed by atoms with Crippen LogP contribution in [0.4, 0.5) is 16.2 Å². The summed E-state index contributed by atoms with van der Waals surface area (Å²) in [5.74, 6) is 0.977. The van der Waals surface area contributed by atoms with Crippen molar-refractivity contribution < 1.29 is 18.7 Å². The maximum absolute atomic E-state index is 12.2. The first-order chi connectivity index (χ1) is 11.2. The molecule has 1 heterocycles. The highest BCUT2D eigenvalue weighted by molar-refractivity contribution is 5.95. The van der Waals surface area contributed by atoms with Crippen LogP contribution in [0, 0.1) is 5.92 Å². The van der Waals surface area contributed by atoms with Crippen molar-refractivity contribution in [2.75, 3.05) is 17.2 Å². The normalized spacial score (nSPS) is 19.0. The number of amides is 2. The molecule has 1 aliphatic carbocycles. The smallest absolute Gasteiger partial charge is 0.411 e. The molecule has 1 saturated carbocycles. The second-order valence-corrected chi connectivity index (χ2v) is 5.38. The van der Waals surface area contributed by atoms with Crippen molar-refractivity contribution in [2.24, 2.45) is 5.92 Å². The van der Waals surface area contributed by atoms with Gasteiger partial charge in [-0.2, -0.15) is 0 Å². The predicted molar refractivity (Wildman–Crippen MR) is 85.3 cm³/mol. The Morgan fingerprint density at radius 1 is 1.17 bits per heavy atom. The number of carbonyl (C=O) groups excluding carboxylic acids is 2. The van der Waals surface area contributed by atoms with Crippen molar-refractivity contribution >= 4 is 23.4 Å². The van der Waals surface area contributed by atoms with E-state index in [1.807, 2.05) is 12.1 Å². The van der Waals surface area contributed by atoms with E-state index in [1.54, 1.807) is 37.5 Å². The number of carbonyl (C=O) groups is 2. The van der Waals surface area contributed by atoms with Gasteiger partial charge in [-0.1, -0.05) is 0 Å². The van der Waals surface area contributed by atoms with Crippen LogP contribution in [0.25, 0.3) is 0 Å². The van der Waals surface area contributed by atoms with Gasteiger partial charge in [0.1, 0.15) is 5.76 Å². The summed E-state index contributed by atoms with van der Waals surface area (Å²) < 4.78 is 10.1. The molecule has 2 aromatic rings. The van der Waals surface area contributed by atoms with E-state index in [2.05, 4.69) is 10.6 Å². The Balaban J connectivity index is 1.52. The van der Waals surface area contributed by atoms with E-state index in [-0.39, 0.29) is 17.7 Å². The van der Waals surface area contributed by atoms with Crippen LogP contribution < -0.4 is 10.6 Å². The zero-order chi connectivity index (χ0) is 16.2. The number of anilines is 2. The van der Waals surface area contributed by atoms with Crippen molar-refractivity contribution in [3.63, 3.8) is 0 Å². The van der Waals surface area contributed by atoms with Crippen molar-refractivity contribution in [1.29, 1.82) is 0 Å². The minimum atomic E-state index is -0.497. The minimum absolute atomic E-state index is 0.0162. The molecule has 1 aliphatic rings. The molecule has 6 heteroatoms. The first-order valence-corrected chi connectivity index (χ1v) is 7.55. The first kappa shape index (κ1) is 15.1. The van der Waals surface area contributed by atoms with Crippen LogP contribution in [0.3, 0.4) is 0 Å². The van der Waals surface area contributed by atoms with Crippen LogP contribution in [0.2, 0.25) is 0 Å². The average molecular weight is 314 g/mol. The summed E-state index contributed by atoms with van der Waals surface area (Å²) in [6, 6.07) is 10.6. The molecule has 23 heavy (non-hydrogen) atoms. The van der Waals surface area contributed by atoms with Crippen LogP contribution in [0.1, 0.15) is 25.0 Å². The van der Waals surface area contributed by atoms with Crippen molar-refractivity contribution in [3.8, 4) is 0 Å². The Morgan fingerprint density at radius 3 is 2.48 bits per heavy atom. The third-order valence-electron chi connectivity index (χ3n) is 3.71. The fourth-order valence-corrected chi connectivity index (χ4v) is 2.46. The second kappa shape index (κ2) is 6.56. The monoisotopic (exact) mass is 314 g/mol. The van der Waals surface area contributed by atoms with Crippen molar-refractivity contribution in [2.45, 2.75) is 19.3 Å². The van der Waals surface area contributed by atoms with Gasteiger partial charge in [-0.05, 0) is 49.7 Å². The number of furan rings is 1. The molecule has 2 atom stereocenters. The lowest BCUT2D eigenvalue weighted by atomic mass is 10.2. The van der Waals surface area contributed by atoms with Gasteiger partial charge in [0.2, 0.25) is 5.91 Å². The summed E-state index contributed by atoms with van der Waals surface area (Å²) in [7, 11) is 0. The van der Waals surface area contributed by atoms with Crippen LogP contribution >= 0.6 is 0 Å². The molecule has 2 N–H and O–H groups in total. The summed E-state index contributed by atoms with van der Waals surface area (Å²) >= 11 is 0. The molecule has 1 aromatic heterocycles. The number of ether oxygens (including phenoxy) is 1. The van der Waals surface area contributed by atoms with E-state index in [0.717, 1.165) is 12.2 Å². The van der Waals surface area contributed by atoms with Crippen LogP contribution in [0.5, 0.6) is 0 Å². The minimum Gasteiger partial charge on any atom is -0.469 e. The Kier molecular flexibility index (Phi) is 4.32. The number of hydrogen-bond acceptors (Lipinski definition) is 4. The van der Waals surface area contributed by atoms with E-state index in [0.29, 0.717) is 18.0 Å². The molecule has 1 fully saturated rings. The molecular formula is C17H18N2O4. The van der Waals surface area contributed by atoms with Gasteiger partial charge in [0.25, 0.3) is 0 Å². The summed E-state index contributed by atoms with van der Waals surface area (Å²) in [6.07, 6.45) is 1.93. The van der Waals surface area contributed by atoms with Gasteiger partial charge in [0, 0.05) is 23.2 Å². The summed E-state index contributed by atoms with van der Waals surface area (Å²) in [4.78, 5) is 23.5. The van der Waals surface area contributed by atoms with E-state index < -0.39 is 6.09 Å². The maximum atomic E-state index is 12.2. The second-order valence-electron chi connectivity index (χ2n) is 5.38. The highest BCUT2D eigenvalue weighted by atomic mass is 16.5. The molecular weight excluding hydrogens is 296 g/mol. The molecule has 2 unspecified atom stereocenters. The lowest BCUT2D eigenvalue weighted by Gasteiger charge is -2.07. The SMILES string of the molecule is CCOC(=O)Nc1ccc(NC(=O)C2CC2c2ccco2)cc1. The zero-order valence-electron chi connectivity index (χ0n) is 12.7. The predicted octanol–water partition coefficient (Wildman–Crippen LogP) is 3.59. The van der Waals surface area contributed by atoms with Gasteiger partial charge < -0.3 is 14.5 Å². The van der Waals surface area contributed by atoms with E-state index in [1.165, 1.54) is 0 Å². The van der Waals surface area contributed by atoms with Gasteiger partial charge in [-0.25, -0.2) is 4.79 Å². The molecule has 0 saturated heterocycles. The Bertz CT molecular complexity index is 679. The van der Waals surface area contributed by atoms with Gasteiger partial charge in [-0.15, -0.1) is 0 Å². The Hall–Kier alpha value is -2.76. The van der Waals surface area contributed by atoms with Crippen LogP contribution in [-0.4, -0.2) is 18.6 Å². The highest BCUT2D eigenvalue weighted by Gasteiger charge is 2.45. The molecule has 3 rings (SSSR count). The summed E-state index contributed by atoms with van der Waals surface area (Å²) in [5, 5.41) is 5.47. The first-order valence-electron chi connectivity index (χ1n) is 7.55. The van der Waals surface area contributed by atoms with Gasteiger partial charge in [0.05, 0.1) is 12.9 Å². The van der Waals surface area contributed by atoms with E-state index >= 15 is 0 Å². The Labute approximate surface area is 133 Å².